The van der Waals surface area contributed by atoms with E-state index in [1.165, 1.54) is 5.56 Å². The second-order valence-corrected chi connectivity index (χ2v) is 6.12. The topological polar surface area (TPSA) is 26.3 Å². The molecular weight excluding hydrogens is 260 g/mol. The molecule has 0 saturated carbocycles. The van der Waals surface area contributed by atoms with Crippen LogP contribution in [0.1, 0.15) is 49.2 Å². The fraction of sp³-hybridized carbons (Fsp3) is 0.316. The lowest BCUT2D eigenvalue weighted by Gasteiger charge is -2.19. The summed E-state index contributed by atoms with van der Waals surface area (Å²) in [5.41, 5.74) is 2.68. The summed E-state index contributed by atoms with van der Waals surface area (Å²) in [7, 11) is 0. The van der Waals surface area contributed by atoms with E-state index >= 15 is 0 Å². The van der Waals surface area contributed by atoms with Gasteiger partial charge in [0.25, 0.3) is 0 Å². The van der Waals surface area contributed by atoms with Gasteiger partial charge in [0.2, 0.25) is 0 Å². The Morgan fingerprint density at radius 2 is 1.67 bits per heavy atom. The maximum Gasteiger partial charge on any atom is 0.193 e. The SMILES string of the molecule is CCOc1cccc(C(=O)c2ccc(C(C)(C)C)cc2)c1. The molecule has 0 atom stereocenters. The van der Waals surface area contributed by atoms with Crippen LogP contribution in [0.2, 0.25) is 0 Å². The molecule has 2 nitrogen and oxygen atoms in total. The molecule has 0 spiro atoms. The van der Waals surface area contributed by atoms with Crippen LogP contribution in [-0.2, 0) is 5.41 Å². The largest absolute Gasteiger partial charge is 0.494 e. The van der Waals surface area contributed by atoms with Crippen molar-refractivity contribution in [2.75, 3.05) is 6.61 Å². The van der Waals surface area contributed by atoms with Gasteiger partial charge in [-0.1, -0.05) is 57.2 Å². The predicted molar refractivity (Wildman–Crippen MR) is 86.2 cm³/mol. The molecule has 0 aliphatic carbocycles. The van der Waals surface area contributed by atoms with Crippen LogP contribution >= 0.6 is 0 Å². The highest BCUT2D eigenvalue weighted by Crippen LogP contribution is 2.23. The highest BCUT2D eigenvalue weighted by Gasteiger charge is 2.15. The number of hydrogen-bond donors (Lipinski definition) is 0. The Bertz CT molecular complexity index is 619. The Kier molecular flexibility index (Phi) is 4.46. The number of carbonyl (C=O) groups is 1. The number of hydrogen-bond acceptors (Lipinski definition) is 2. The van der Waals surface area contributed by atoms with Gasteiger partial charge in [-0.15, -0.1) is 0 Å². The number of ketones is 1. The molecule has 0 aromatic heterocycles. The van der Waals surface area contributed by atoms with Gasteiger partial charge in [0.05, 0.1) is 6.61 Å². The molecule has 0 heterocycles. The van der Waals surface area contributed by atoms with Gasteiger partial charge >= 0.3 is 0 Å². The summed E-state index contributed by atoms with van der Waals surface area (Å²) < 4.78 is 5.44. The fourth-order valence-electron chi connectivity index (χ4n) is 2.18. The summed E-state index contributed by atoms with van der Waals surface area (Å²) in [5.74, 6) is 0.756. The molecule has 2 aromatic rings. The van der Waals surface area contributed by atoms with Crippen molar-refractivity contribution in [1.29, 1.82) is 0 Å². The Hall–Kier alpha value is -2.09. The molecule has 0 fully saturated rings. The molecule has 0 aliphatic rings. The minimum absolute atomic E-state index is 0.0250. The zero-order valence-electron chi connectivity index (χ0n) is 13.1. The molecule has 2 aromatic carbocycles. The smallest absolute Gasteiger partial charge is 0.193 e. The molecule has 2 rings (SSSR count). The van der Waals surface area contributed by atoms with Crippen LogP contribution < -0.4 is 4.74 Å². The summed E-state index contributed by atoms with van der Waals surface area (Å²) in [6.07, 6.45) is 0. The Morgan fingerprint density at radius 1 is 1.00 bits per heavy atom. The van der Waals surface area contributed by atoms with Gasteiger partial charge < -0.3 is 4.74 Å². The predicted octanol–water partition coefficient (Wildman–Crippen LogP) is 4.61. The molecular formula is C19H22O2. The fourth-order valence-corrected chi connectivity index (χ4v) is 2.18. The van der Waals surface area contributed by atoms with Crippen molar-refractivity contribution in [3.8, 4) is 5.75 Å². The molecule has 2 heteroatoms. The van der Waals surface area contributed by atoms with Gasteiger partial charge in [0, 0.05) is 11.1 Å². The van der Waals surface area contributed by atoms with E-state index in [2.05, 4.69) is 20.8 Å². The van der Waals surface area contributed by atoms with E-state index in [1.54, 1.807) is 6.07 Å². The zero-order chi connectivity index (χ0) is 15.5. The van der Waals surface area contributed by atoms with Crippen molar-refractivity contribution in [2.24, 2.45) is 0 Å². The van der Waals surface area contributed by atoms with Crippen molar-refractivity contribution in [3.63, 3.8) is 0 Å². The lowest BCUT2D eigenvalue weighted by molar-refractivity contribution is 0.103. The minimum Gasteiger partial charge on any atom is -0.494 e. The van der Waals surface area contributed by atoms with E-state index in [9.17, 15) is 4.79 Å². The molecule has 0 N–H and O–H groups in total. The average molecular weight is 282 g/mol. The van der Waals surface area contributed by atoms with Crippen LogP contribution in [0.25, 0.3) is 0 Å². The molecule has 0 amide bonds. The number of rotatable bonds is 4. The van der Waals surface area contributed by atoms with Crippen molar-refractivity contribution in [3.05, 3.63) is 65.2 Å². The Labute approximate surface area is 126 Å². The van der Waals surface area contributed by atoms with Gasteiger partial charge in [0.15, 0.2) is 5.78 Å². The van der Waals surface area contributed by atoms with E-state index in [0.717, 1.165) is 5.75 Å². The quantitative estimate of drug-likeness (QED) is 0.765. The Balaban J connectivity index is 2.26. The third-order valence-electron chi connectivity index (χ3n) is 3.42. The Morgan fingerprint density at radius 3 is 2.24 bits per heavy atom. The highest BCUT2D eigenvalue weighted by atomic mass is 16.5. The summed E-state index contributed by atoms with van der Waals surface area (Å²) in [6.45, 7) is 9.01. The van der Waals surface area contributed by atoms with Gasteiger partial charge in [-0.2, -0.15) is 0 Å². The zero-order valence-corrected chi connectivity index (χ0v) is 13.1. The summed E-state index contributed by atoms with van der Waals surface area (Å²) in [6, 6.07) is 15.2. The van der Waals surface area contributed by atoms with Crippen molar-refractivity contribution >= 4 is 5.78 Å². The van der Waals surface area contributed by atoms with Gasteiger partial charge in [-0.05, 0) is 30.0 Å². The van der Waals surface area contributed by atoms with E-state index in [-0.39, 0.29) is 11.2 Å². The lowest BCUT2D eigenvalue weighted by atomic mass is 9.86. The normalized spacial score (nSPS) is 11.2. The average Bonchev–Trinajstić information content (AvgIpc) is 2.46. The number of ether oxygens (including phenoxy) is 1. The first kappa shape index (κ1) is 15.3. The molecule has 110 valence electrons. The molecule has 0 unspecified atom stereocenters. The summed E-state index contributed by atoms with van der Waals surface area (Å²) in [5, 5.41) is 0. The summed E-state index contributed by atoms with van der Waals surface area (Å²) >= 11 is 0. The van der Waals surface area contributed by atoms with Gasteiger partial charge in [0.1, 0.15) is 5.75 Å². The van der Waals surface area contributed by atoms with E-state index in [0.29, 0.717) is 17.7 Å². The first-order chi connectivity index (χ1) is 9.91. The third kappa shape index (κ3) is 3.72. The lowest BCUT2D eigenvalue weighted by Crippen LogP contribution is -2.11. The number of benzene rings is 2. The van der Waals surface area contributed by atoms with Crippen molar-refractivity contribution in [1.82, 2.24) is 0 Å². The van der Waals surface area contributed by atoms with E-state index in [1.807, 2.05) is 49.4 Å². The maximum atomic E-state index is 12.5. The molecule has 0 bridgehead atoms. The van der Waals surface area contributed by atoms with Crippen LogP contribution in [0.15, 0.2) is 48.5 Å². The van der Waals surface area contributed by atoms with Crippen LogP contribution in [0.4, 0.5) is 0 Å². The molecule has 21 heavy (non-hydrogen) atoms. The van der Waals surface area contributed by atoms with E-state index < -0.39 is 0 Å². The second kappa shape index (κ2) is 6.13. The maximum absolute atomic E-state index is 12.5. The number of carbonyl (C=O) groups excluding carboxylic acids is 1. The van der Waals surface area contributed by atoms with Crippen LogP contribution in [0, 0.1) is 0 Å². The van der Waals surface area contributed by atoms with Gasteiger partial charge in [-0.25, -0.2) is 0 Å². The first-order valence-corrected chi connectivity index (χ1v) is 7.30. The molecule has 0 radical (unpaired) electrons. The minimum atomic E-state index is 0.0250. The second-order valence-electron chi connectivity index (χ2n) is 6.12. The van der Waals surface area contributed by atoms with Crippen LogP contribution in [0.5, 0.6) is 5.75 Å². The van der Waals surface area contributed by atoms with Crippen LogP contribution in [0.3, 0.4) is 0 Å². The summed E-state index contributed by atoms with van der Waals surface area (Å²) in [4.78, 5) is 12.5. The van der Waals surface area contributed by atoms with Crippen LogP contribution in [-0.4, -0.2) is 12.4 Å². The van der Waals surface area contributed by atoms with Gasteiger partial charge in [-0.3, -0.25) is 4.79 Å². The van der Waals surface area contributed by atoms with Crippen molar-refractivity contribution in [2.45, 2.75) is 33.1 Å². The monoisotopic (exact) mass is 282 g/mol. The highest BCUT2D eigenvalue weighted by molar-refractivity contribution is 6.09. The molecule has 0 saturated heterocycles. The third-order valence-corrected chi connectivity index (χ3v) is 3.42. The standard InChI is InChI=1S/C19H22O2/c1-5-21-17-8-6-7-15(13-17)18(20)14-9-11-16(12-10-14)19(2,3)4/h6-13H,5H2,1-4H3. The molecule has 0 aliphatic heterocycles. The van der Waals surface area contributed by atoms with E-state index in [4.69, 9.17) is 4.74 Å². The first-order valence-electron chi connectivity index (χ1n) is 7.30. The van der Waals surface area contributed by atoms with Crippen molar-refractivity contribution < 1.29 is 9.53 Å².